The standard InChI is InChI=1S/C12H15F3N2O2S/c13-9-5-10(14)12(11(15)6-9)17-20(18,19)7-8-1-3-16-4-2-8/h5-6,8,16-17H,1-4,7H2. The van der Waals surface area contributed by atoms with Crippen molar-refractivity contribution in [3.05, 3.63) is 29.6 Å². The molecule has 2 N–H and O–H groups in total. The van der Waals surface area contributed by atoms with Crippen LogP contribution in [0, 0.1) is 23.4 Å². The normalized spacial score (nSPS) is 17.1. The van der Waals surface area contributed by atoms with E-state index in [-0.39, 0.29) is 11.7 Å². The van der Waals surface area contributed by atoms with Gasteiger partial charge in [-0.2, -0.15) is 0 Å². The van der Waals surface area contributed by atoms with Crippen LogP contribution < -0.4 is 10.0 Å². The molecule has 1 aliphatic rings. The molecule has 1 aromatic rings. The first-order chi connectivity index (χ1) is 9.37. The van der Waals surface area contributed by atoms with Gasteiger partial charge in [-0.1, -0.05) is 0 Å². The van der Waals surface area contributed by atoms with Crippen LogP contribution in [-0.4, -0.2) is 27.3 Å². The van der Waals surface area contributed by atoms with E-state index in [9.17, 15) is 21.6 Å². The molecule has 2 rings (SSSR count). The number of hydrogen-bond donors (Lipinski definition) is 2. The molecule has 112 valence electrons. The van der Waals surface area contributed by atoms with E-state index in [2.05, 4.69) is 5.32 Å². The topological polar surface area (TPSA) is 58.2 Å². The number of sulfonamides is 1. The highest BCUT2D eigenvalue weighted by Crippen LogP contribution is 2.23. The van der Waals surface area contributed by atoms with E-state index in [1.807, 2.05) is 4.72 Å². The fourth-order valence-electron chi connectivity index (χ4n) is 2.20. The molecule has 0 bridgehead atoms. The number of anilines is 1. The first kappa shape index (κ1) is 15.1. The van der Waals surface area contributed by atoms with Gasteiger partial charge in [0.15, 0.2) is 11.6 Å². The molecule has 1 aliphatic heterocycles. The predicted octanol–water partition coefficient (Wildman–Crippen LogP) is 1.85. The highest BCUT2D eigenvalue weighted by atomic mass is 32.2. The number of nitrogens with one attached hydrogen (secondary N) is 2. The Balaban J connectivity index is 2.11. The van der Waals surface area contributed by atoms with E-state index in [4.69, 9.17) is 0 Å². The van der Waals surface area contributed by atoms with Crippen molar-refractivity contribution in [3.8, 4) is 0 Å². The summed E-state index contributed by atoms with van der Waals surface area (Å²) in [6, 6.07) is 0.872. The molecule has 20 heavy (non-hydrogen) atoms. The molecule has 0 saturated carbocycles. The van der Waals surface area contributed by atoms with Crippen molar-refractivity contribution >= 4 is 15.7 Å². The Hall–Kier alpha value is -1.28. The quantitative estimate of drug-likeness (QED) is 0.892. The maximum atomic E-state index is 13.4. The summed E-state index contributed by atoms with van der Waals surface area (Å²) < 4.78 is 65.2. The lowest BCUT2D eigenvalue weighted by Gasteiger charge is -2.22. The van der Waals surface area contributed by atoms with Gasteiger partial charge in [-0.15, -0.1) is 0 Å². The summed E-state index contributed by atoms with van der Waals surface area (Å²) in [7, 11) is -3.87. The van der Waals surface area contributed by atoms with Crippen LogP contribution in [0.2, 0.25) is 0 Å². The minimum absolute atomic E-state index is 0.0553. The molecule has 0 aliphatic carbocycles. The lowest BCUT2D eigenvalue weighted by atomic mass is 10.0. The molecule has 4 nitrogen and oxygen atoms in total. The third-order valence-corrected chi connectivity index (χ3v) is 4.60. The van der Waals surface area contributed by atoms with Crippen LogP contribution in [0.4, 0.5) is 18.9 Å². The Bertz CT molecular complexity index is 563. The molecule has 0 aromatic heterocycles. The molecule has 1 heterocycles. The molecule has 0 amide bonds. The third-order valence-electron chi connectivity index (χ3n) is 3.18. The Morgan fingerprint density at radius 3 is 2.25 bits per heavy atom. The lowest BCUT2D eigenvalue weighted by Crippen LogP contribution is -2.33. The van der Waals surface area contributed by atoms with Crippen LogP contribution in [0.5, 0.6) is 0 Å². The Morgan fingerprint density at radius 1 is 1.15 bits per heavy atom. The minimum atomic E-state index is -3.87. The van der Waals surface area contributed by atoms with Gasteiger partial charge in [0.05, 0.1) is 5.75 Å². The summed E-state index contributed by atoms with van der Waals surface area (Å²) in [5.74, 6) is -3.89. The van der Waals surface area contributed by atoms with Gasteiger partial charge in [-0.25, -0.2) is 21.6 Å². The first-order valence-corrected chi connectivity index (χ1v) is 7.88. The Morgan fingerprint density at radius 2 is 1.70 bits per heavy atom. The number of benzene rings is 1. The molecule has 1 saturated heterocycles. The summed E-state index contributed by atoms with van der Waals surface area (Å²) >= 11 is 0. The molecule has 8 heteroatoms. The zero-order valence-electron chi connectivity index (χ0n) is 10.6. The van der Waals surface area contributed by atoms with Crippen molar-refractivity contribution in [3.63, 3.8) is 0 Å². The van der Waals surface area contributed by atoms with Crippen LogP contribution in [-0.2, 0) is 10.0 Å². The monoisotopic (exact) mass is 308 g/mol. The lowest BCUT2D eigenvalue weighted by molar-refractivity contribution is 0.402. The van der Waals surface area contributed by atoms with Crippen LogP contribution in [0.1, 0.15) is 12.8 Å². The number of hydrogen-bond acceptors (Lipinski definition) is 3. The van der Waals surface area contributed by atoms with Gasteiger partial charge in [-0.05, 0) is 31.8 Å². The molecule has 1 fully saturated rings. The first-order valence-electron chi connectivity index (χ1n) is 6.23. The van der Waals surface area contributed by atoms with Crippen molar-refractivity contribution in [2.24, 2.45) is 5.92 Å². The molecular formula is C12H15F3N2O2S. The summed E-state index contributed by atoms with van der Waals surface area (Å²) in [5.41, 5.74) is -0.833. The molecule has 1 aromatic carbocycles. The van der Waals surface area contributed by atoms with E-state index in [1.165, 1.54) is 0 Å². The number of piperidine rings is 1. The van der Waals surface area contributed by atoms with Crippen molar-refractivity contribution in [2.45, 2.75) is 12.8 Å². The second-order valence-corrected chi connectivity index (χ2v) is 6.59. The van der Waals surface area contributed by atoms with E-state index in [0.29, 0.717) is 25.0 Å². The van der Waals surface area contributed by atoms with Crippen LogP contribution in [0.15, 0.2) is 12.1 Å². The van der Waals surface area contributed by atoms with Crippen LogP contribution >= 0.6 is 0 Å². The predicted molar refractivity (Wildman–Crippen MR) is 69.3 cm³/mol. The summed E-state index contributed by atoms with van der Waals surface area (Å²) in [4.78, 5) is 0. The van der Waals surface area contributed by atoms with E-state index in [1.54, 1.807) is 0 Å². The van der Waals surface area contributed by atoms with Crippen molar-refractivity contribution in [1.82, 2.24) is 5.32 Å². The van der Waals surface area contributed by atoms with E-state index < -0.39 is 33.2 Å². The minimum Gasteiger partial charge on any atom is -0.317 e. The van der Waals surface area contributed by atoms with Gasteiger partial charge in [0.1, 0.15) is 11.5 Å². The second kappa shape index (κ2) is 6.01. The van der Waals surface area contributed by atoms with E-state index in [0.717, 1.165) is 13.1 Å². The van der Waals surface area contributed by atoms with Gasteiger partial charge in [0, 0.05) is 12.1 Å². The molecule has 0 atom stereocenters. The fraction of sp³-hybridized carbons (Fsp3) is 0.500. The maximum absolute atomic E-state index is 13.4. The van der Waals surface area contributed by atoms with Gasteiger partial charge >= 0.3 is 0 Å². The molecule has 0 unspecified atom stereocenters. The van der Waals surface area contributed by atoms with Gasteiger partial charge in [-0.3, -0.25) is 4.72 Å². The average Bonchev–Trinajstić information content (AvgIpc) is 2.34. The Labute approximate surface area is 115 Å². The fourth-order valence-corrected chi connectivity index (χ4v) is 3.74. The van der Waals surface area contributed by atoms with Crippen molar-refractivity contribution in [1.29, 1.82) is 0 Å². The van der Waals surface area contributed by atoms with Crippen LogP contribution in [0.25, 0.3) is 0 Å². The zero-order valence-corrected chi connectivity index (χ0v) is 11.4. The largest absolute Gasteiger partial charge is 0.317 e. The molecular weight excluding hydrogens is 293 g/mol. The van der Waals surface area contributed by atoms with Gasteiger partial charge in [0.2, 0.25) is 10.0 Å². The third kappa shape index (κ3) is 3.86. The number of halogens is 3. The van der Waals surface area contributed by atoms with Crippen LogP contribution in [0.3, 0.4) is 0 Å². The highest BCUT2D eigenvalue weighted by Gasteiger charge is 2.23. The summed E-state index contributed by atoms with van der Waals surface area (Å²) in [6.07, 6.45) is 1.38. The second-order valence-electron chi connectivity index (χ2n) is 4.82. The number of rotatable bonds is 4. The SMILES string of the molecule is O=S(=O)(CC1CCNCC1)Nc1c(F)cc(F)cc1F. The Kier molecular flexibility index (Phi) is 4.54. The summed E-state index contributed by atoms with van der Waals surface area (Å²) in [5, 5.41) is 3.10. The van der Waals surface area contributed by atoms with Gasteiger partial charge in [0.25, 0.3) is 0 Å². The maximum Gasteiger partial charge on any atom is 0.233 e. The average molecular weight is 308 g/mol. The van der Waals surface area contributed by atoms with Crippen molar-refractivity contribution < 1.29 is 21.6 Å². The zero-order chi connectivity index (χ0) is 14.8. The summed E-state index contributed by atoms with van der Waals surface area (Å²) in [6.45, 7) is 1.44. The smallest absolute Gasteiger partial charge is 0.233 e. The molecule has 0 radical (unpaired) electrons. The van der Waals surface area contributed by atoms with Gasteiger partial charge < -0.3 is 5.32 Å². The molecule has 0 spiro atoms. The van der Waals surface area contributed by atoms with Crippen molar-refractivity contribution in [2.75, 3.05) is 23.6 Å². The van der Waals surface area contributed by atoms with E-state index >= 15 is 0 Å². The highest BCUT2D eigenvalue weighted by molar-refractivity contribution is 7.92.